The molecule has 2 fully saturated rings. The SMILES string of the molecule is CN(C(=O)C(C)(C)c1cc(C(F)(F)F)cc(C(F)(F)F)c1)[C@@H]1CN(C(=O)N2CCN(C(=O)OC(C)(C)C)CC2)CC1c1ccc(F)cc1. The van der Waals surface area contributed by atoms with Crippen LogP contribution in [-0.2, 0) is 27.3 Å². The Morgan fingerprint density at radius 2 is 1.21 bits per heavy atom. The molecular formula is C33H39F7N4O4. The van der Waals surface area contributed by atoms with Gasteiger partial charge in [-0.2, -0.15) is 26.3 Å². The summed E-state index contributed by atoms with van der Waals surface area (Å²) in [5, 5.41) is 0. The molecule has 2 aliphatic heterocycles. The Hall–Kier alpha value is -4.04. The molecule has 4 rings (SSSR count). The first-order chi connectivity index (χ1) is 22.0. The van der Waals surface area contributed by atoms with Crippen LogP contribution < -0.4 is 0 Å². The maximum absolute atomic E-state index is 14.0. The number of carbonyl (C=O) groups excluding carboxylic acids is 3. The van der Waals surface area contributed by atoms with Crippen LogP contribution in [0.15, 0.2) is 42.5 Å². The number of halogens is 7. The summed E-state index contributed by atoms with van der Waals surface area (Å²) in [5.74, 6) is -1.85. The fourth-order valence-electron chi connectivity index (χ4n) is 6.01. The van der Waals surface area contributed by atoms with E-state index in [4.69, 9.17) is 4.74 Å². The van der Waals surface area contributed by atoms with Gasteiger partial charge in [0.1, 0.15) is 11.4 Å². The van der Waals surface area contributed by atoms with E-state index in [2.05, 4.69) is 0 Å². The molecule has 1 unspecified atom stereocenters. The number of benzene rings is 2. The maximum Gasteiger partial charge on any atom is 0.416 e. The number of alkyl halides is 6. The molecule has 4 amide bonds. The first-order valence-corrected chi connectivity index (χ1v) is 15.3. The van der Waals surface area contributed by atoms with Crippen molar-refractivity contribution in [3.63, 3.8) is 0 Å². The predicted octanol–water partition coefficient (Wildman–Crippen LogP) is 6.74. The summed E-state index contributed by atoms with van der Waals surface area (Å²) in [6.45, 7) is 8.68. The smallest absolute Gasteiger partial charge is 0.416 e. The Morgan fingerprint density at radius 3 is 1.69 bits per heavy atom. The van der Waals surface area contributed by atoms with Crippen molar-refractivity contribution in [2.75, 3.05) is 46.3 Å². The van der Waals surface area contributed by atoms with Crippen molar-refractivity contribution in [2.24, 2.45) is 0 Å². The Kier molecular flexibility index (Phi) is 10.0. The molecule has 0 saturated carbocycles. The van der Waals surface area contributed by atoms with Crippen molar-refractivity contribution in [3.05, 3.63) is 70.5 Å². The fourth-order valence-corrected chi connectivity index (χ4v) is 6.01. The van der Waals surface area contributed by atoms with Crippen LogP contribution in [-0.4, -0.2) is 95.6 Å². The minimum atomic E-state index is -5.10. The van der Waals surface area contributed by atoms with Crippen LogP contribution in [0.4, 0.5) is 40.3 Å². The third-order valence-corrected chi connectivity index (χ3v) is 8.72. The van der Waals surface area contributed by atoms with Crippen LogP contribution in [0.2, 0.25) is 0 Å². The molecule has 2 atom stereocenters. The monoisotopic (exact) mass is 688 g/mol. The van der Waals surface area contributed by atoms with Gasteiger partial charge in [-0.05, 0) is 76.1 Å². The van der Waals surface area contributed by atoms with Gasteiger partial charge in [0.25, 0.3) is 0 Å². The summed E-state index contributed by atoms with van der Waals surface area (Å²) in [4.78, 5) is 46.0. The highest BCUT2D eigenvalue weighted by Gasteiger charge is 2.46. The Bertz CT molecular complexity index is 1480. The van der Waals surface area contributed by atoms with E-state index in [1.165, 1.54) is 59.9 Å². The van der Waals surface area contributed by atoms with E-state index in [-0.39, 0.29) is 51.4 Å². The van der Waals surface area contributed by atoms with Crippen LogP contribution in [0.25, 0.3) is 0 Å². The van der Waals surface area contributed by atoms with E-state index >= 15 is 0 Å². The molecule has 0 bridgehead atoms. The molecule has 0 spiro atoms. The number of carbonyl (C=O) groups is 3. The van der Waals surface area contributed by atoms with Crippen LogP contribution >= 0.6 is 0 Å². The highest BCUT2D eigenvalue weighted by Crippen LogP contribution is 2.40. The van der Waals surface area contributed by atoms with Crippen LogP contribution in [0.1, 0.15) is 62.8 Å². The molecule has 2 aromatic carbocycles. The Balaban J connectivity index is 1.59. The Labute approximate surface area is 274 Å². The van der Waals surface area contributed by atoms with Crippen molar-refractivity contribution in [1.82, 2.24) is 19.6 Å². The number of likely N-dealkylation sites (tertiary alicyclic amines) is 1. The topological polar surface area (TPSA) is 73.4 Å². The molecule has 264 valence electrons. The lowest BCUT2D eigenvalue weighted by Gasteiger charge is -2.37. The van der Waals surface area contributed by atoms with Gasteiger partial charge in [-0.25, -0.2) is 14.0 Å². The third kappa shape index (κ3) is 8.15. The lowest BCUT2D eigenvalue weighted by atomic mass is 9.80. The minimum Gasteiger partial charge on any atom is -0.444 e. The zero-order valence-electron chi connectivity index (χ0n) is 27.5. The van der Waals surface area contributed by atoms with E-state index < -0.39 is 69.8 Å². The van der Waals surface area contributed by atoms with Gasteiger partial charge in [0, 0.05) is 52.2 Å². The maximum atomic E-state index is 14.0. The lowest BCUT2D eigenvalue weighted by molar-refractivity contribution is -0.144. The molecule has 2 aliphatic rings. The third-order valence-electron chi connectivity index (χ3n) is 8.72. The van der Waals surface area contributed by atoms with E-state index in [9.17, 15) is 45.1 Å². The molecule has 8 nitrogen and oxygen atoms in total. The molecule has 0 radical (unpaired) electrons. The van der Waals surface area contributed by atoms with Gasteiger partial charge >= 0.3 is 24.5 Å². The summed E-state index contributed by atoms with van der Waals surface area (Å²) in [6.07, 6.45) is -10.7. The lowest BCUT2D eigenvalue weighted by Crippen LogP contribution is -2.54. The fraction of sp³-hybridized carbons (Fsp3) is 0.545. The second kappa shape index (κ2) is 13.1. The van der Waals surface area contributed by atoms with Crippen LogP contribution in [0, 0.1) is 5.82 Å². The molecule has 48 heavy (non-hydrogen) atoms. The average molecular weight is 689 g/mol. The van der Waals surface area contributed by atoms with Crippen molar-refractivity contribution in [1.29, 1.82) is 0 Å². The predicted molar refractivity (Wildman–Crippen MR) is 162 cm³/mol. The number of rotatable bonds is 4. The summed E-state index contributed by atoms with van der Waals surface area (Å²) in [5.41, 5.74) is -5.51. The standard InChI is InChI=1S/C33H39F7N4O4/c1-30(2,3)48-29(47)43-13-11-42(12-14-43)28(46)44-18-25(20-7-9-24(34)10-8-20)26(19-44)41(6)27(45)31(4,5)21-15-22(32(35,36)37)17-23(16-21)33(38,39)40/h7-10,15-17,25-26H,11-14,18-19H2,1-6H3/t25?,26-/m1/s1. The minimum absolute atomic E-state index is 0.00608. The first-order valence-electron chi connectivity index (χ1n) is 15.3. The number of amides is 4. The van der Waals surface area contributed by atoms with E-state index in [1.54, 1.807) is 25.7 Å². The number of nitrogens with zero attached hydrogens (tertiary/aromatic N) is 4. The van der Waals surface area contributed by atoms with E-state index in [1.807, 2.05) is 0 Å². The highest BCUT2D eigenvalue weighted by atomic mass is 19.4. The molecule has 0 aliphatic carbocycles. The van der Waals surface area contributed by atoms with Crippen molar-refractivity contribution < 1.29 is 49.9 Å². The first kappa shape index (κ1) is 36.8. The van der Waals surface area contributed by atoms with Gasteiger partial charge in [0.05, 0.1) is 22.6 Å². The summed E-state index contributed by atoms with van der Waals surface area (Å²) >= 11 is 0. The van der Waals surface area contributed by atoms with Crippen LogP contribution in [0.5, 0.6) is 0 Å². The summed E-state index contributed by atoms with van der Waals surface area (Å²) in [6, 6.07) is 5.41. The van der Waals surface area contributed by atoms with Gasteiger partial charge in [0.15, 0.2) is 0 Å². The molecule has 0 aromatic heterocycles. The van der Waals surface area contributed by atoms with Gasteiger partial charge < -0.3 is 24.3 Å². The van der Waals surface area contributed by atoms with Crippen molar-refractivity contribution in [2.45, 2.75) is 69.9 Å². The number of piperazine rings is 1. The zero-order chi connectivity index (χ0) is 36.0. The second-order valence-corrected chi connectivity index (χ2v) is 13.7. The normalized spacial score (nSPS) is 19.4. The Morgan fingerprint density at radius 1 is 0.729 bits per heavy atom. The molecule has 2 saturated heterocycles. The largest absolute Gasteiger partial charge is 0.444 e. The summed E-state index contributed by atoms with van der Waals surface area (Å²) in [7, 11) is 1.39. The molecule has 0 N–H and O–H groups in total. The number of hydrogen-bond acceptors (Lipinski definition) is 4. The molecule has 2 heterocycles. The van der Waals surface area contributed by atoms with Crippen molar-refractivity contribution in [3.8, 4) is 0 Å². The van der Waals surface area contributed by atoms with Gasteiger partial charge in [0.2, 0.25) is 5.91 Å². The molecule has 2 aromatic rings. The molecule has 15 heteroatoms. The number of hydrogen-bond donors (Lipinski definition) is 0. The number of likely N-dealkylation sites (N-methyl/N-ethyl adjacent to an activating group) is 1. The van der Waals surface area contributed by atoms with Gasteiger partial charge in [-0.3, -0.25) is 4.79 Å². The van der Waals surface area contributed by atoms with Gasteiger partial charge in [-0.1, -0.05) is 12.1 Å². The quantitative estimate of drug-likeness (QED) is 0.334. The van der Waals surface area contributed by atoms with Crippen molar-refractivity contribution >= 4 is 18.0 Å². The zero-order valence-corrected chi connectivity index (χ0v) is 27.5. The average Bonchev–Trinajstić information content (AvgIpc) is 3.44. The number of urea groups is 1. The van der Waals surface area contributed by atoms with Gasteiger partial charge in [-0.15, -0.1) is 0 Å². The number of ether oxygens (including phenoxy) is 1. The highest BCUT2D eigenvalue weighted by molar-refractivity contribution is 5.88. The van der Waals surface area contributed by atoms with E-state index in [0.29, 0.717) is 17.7 Å². The second-order valence-electron chi connectivity index (χ2n) is 13.7. The van der Waals surface area contributed by atoms with E-state index in [0.717, 1.165) is 0 Å². The summed E-state index contributed by atoms with van der Waals surface area (Å²) < 4.78 is 101. The molecular weight excluding hydrogens is 649 g/mol. The van der Waals surface area contributed by atoms with Crippen LogP contribution in [0.3, 0.4) is 0 Å².